The van der Waals surface area contributed by atoms with Crippen molar-refractivity contribution < 1.29 is 9.47 Å². The highest BCUT2D eigenvalue weighted by atomic mass is 31.2. The lowest BCUT2D eigenvalue weighted by Gasteiger charge is -2.57. The number of ether oxygens (including phenoxy) is 2. The van der Waals surface area contributed by atoms with Crippen LogP contribution in [0.4, 0.5) is 11.4 Å². The molecule has 0 fully saturated rings. The van der Waals surface area contributed by atoms with Crippen molar-refractivity contribution in [3.63, 3.8) is 0 Å². The molecule has 0 spiro atoms. The van der Waals surface area contributed by atoms with E-state index < -0.39 is 16.1 Å². The van der Waals surface area contributed by atoms with E-state index in [1.54, 1.807) is 14.2 Å². The number of hydrogen-bond donors (Lipinski definition) is 0. The predicted molar refractivity (Wildman–Crippen MR) is 173 cm³/mol. The van der Waals surface area contributed by atoms with Gasteiger partial charge in [0.15, 0.2) is 0 Å². The lowest BCUT2D eigenvalue weighted by molar-refractivity contribution is 0.415. The molecule has 4 nitrogen and oxygen atoms in total. The summed E-state index contributed by atoms with van der Waals surface area (Å²) < 4.78 is 13.9. The second kappa shape index (κ2) is 12.4. The van der Waals surface area contributed by atoms with Gasteiger partial charge in [-0.2, -0.15) is 0 Å². The third-order valence-electron chi connectivity index (χ3n) is 6.30. The maximum atomic E-state index is 5.46. The Kier molecular flexibility index (Phi) is 10.8. The smallest absolute Gasteiger partial charge is 0.119 e. The van der Waals surface area contributed by atoms with Crippen molar-refractivity contribution in [2.45, 2.75) is 104 Å². The van der Waals surface area contributed by atoms with Crippen LogP contribution in [-0.2, 0) is 0 Å². The van der Waals surface area contributed by atoms with Crippen molar-refractivity contribution in [1.82, 2.24) is 4.44 Å². The number of benzene rings is 2. The minimum Gasteiger partial charge on any atom is -0.497 e. The number of anilines is 2. The quantitative estimate of drug-likeness (QED) is 0.285. The molecule has 0 saturated heterocycles. The molecule has 6 heteroatoms. The monoisotopic (exact) mass is 560 g/mol. The van der Waals surface area contributed by atoms with Crippen LogP contribution in [0.15, 0.2) is 48.5 Å². The summed E-state index contributed by atoms with van der Waals surface area (Å²) in [5, 5.41) is 0.761. The second-order valence-corrected chi connectivity index (χ2v) is 21.8. The molecule has 2 aromatic carbocycles. The van der Waals surface area contributed by atoms with Gasteiger partial charge in [-0.1, -0.05) is 83.1 Å². The van der Waals surface area contributed by atoms with Crippen LogP contribution in [0.2, 0.25) is 0 Å². The van der Waals surface area contributed by atoms with Crippen LogP contribution in [0.25, 0.3) is 0 Å². The number of rotatable bonds is 9. The van der Waals surface area contributed by atoms with Crippen LogP contribution in [0.3, 0.4) is 0 Å². The molecule has 0 aliphatic rings. The van der Waals surface area contributed by atoms with Gasteiger partial charge in [0.05, 0.1) is 14.2 Å². The molecule has 0 aromatic heterocycles. The van der Waals surface area contributed by atoms with Crippen LogP contribution in [0.5, 0.6) is 11.5 Å². The van der Waals surface area contributed by atoms with Gasteiger partial charge in [0, 0.05) is 24.5 Å². The van der Waals surface area contributed by atoms with Crippen molar-refractivity contribution in [3.05, 3.63) is 48.5 Å². The summed E-state index contributed by atoms with van der Waals surface area (Å²) >= 11 is 0. The molecule has 0 unspecified atom stereocenters. The van der Waals surface area contributed by atoms with Crippen molar-refractivity contribution in [3.8, 4) is 11.5 Å². The fourth-order valence-corrected chi connectivity index (χ4v) is 17.1. The molecule has 0 N–H and O–H groups in total. The molecular formula is C32H54N2O2P2. The zero-order valence-corrected chi connectivity index (χ0v) is 28.4. The standard InChI is InChI=1S/C32H54N2O2P2/c1-29(2,3)37(30(4,5)6)34(38(31(7,8)9)32(10,11)12)24-23-33(25-15-19-27(35-13)20-16-25)26-17-21-28(36-14)22-18-26/h15-22H,23-24H2,1-14H3. The van der Waals surface area contributed by atoms with Crippen molar-refractivity contribution in [2.75, 3.05) is 32.2 Å². The molecule has 0 amide bonds. The van der Waals surface area contributed by atoms with Crippen molar-refractivity contribution >= 4 is 27.5 Å². The molecule has 0 heterocycles. The lowest BCUT2D eigenvalue weighted by Crippen LogP contribution is -2.43. The minimum absolute atomic E-state index is 0.190. The van der Waals surface area contributed by atoms with Crippen LogP contribution in [0.1, 0.15) is 83.1 Å². The van der Waals surface area contributed by atoms with E-state index in [1.807, 2.05) is 0 Å². The largest absolute Gasteiger partial charge is 0.497 e. The molecule has 0 atom stereocenters. The third kappa shape index (κ3) is 8.58. The van der Waals surface area contributed by atoms with Gasteiger partial charge in [0.25, 0.3) is 0 Å². The Morgan fingerprint density at radius 3 is 1.03 bits per heavy atom. The van der Waals surface area contributed by atoms with Gasteiger partial charge < -0.3 is 14.4 Å². The second-order valence-electron chi connectivity index (χ2n) is 14.0. The number of hydrogen-bond acceptors (Lipinski definition) is 4. The van der Waals surface area contributed by atoms with Crippen LogP contribution < -0.4 is 14.4 Å². The minimum atomic E-state index is -0.463. The first kappa shape index (κ1) is 32.9. The highest BCUT2D eigenvalue weighted by Crippen LogP contribution is 2.75. The summed E-state index contributed by atoms with van der Waals surface area (Å²) in [5.41, 5.74) is 2.34. The molecule has 0 saturated carbocycles. The van der Waals surface area contributed by atoms with E-state index >= 15 is 0 Å². The topological polar surface area (TPSA) is 24.9 Å². The van der Waals surface area contributed by atoms with E-state index in [0.717, 1.165) is 24.6 Å². The van der Waals surface area contributed by atoms with Gasteiger partial charge in [-0.3, -0.25) is 4.44 Å². The van der Waals surface area contributed by atoms with Crippen molar-refractivity contribution in [2.24, 2.45) is 0 Å². The summed E-state index contributed by atoms with van der Waals surface area (Å²) in [7, 11) is 2.51. The van der Waals surface area contributed by atoms with Crippen molar-refractivity contribution in [1.29, 1.82) is 0 Å². The summed E-state index contributed by atoms with van der Waals surface area (Å²) in [6, 6.07) is 16.9. The first-order valence-electron chi connectivity index (χ1n) is 13.7. The van der Waals surface area contributed by atoms with Crippen LogP contribution in [-0.4, -0.2) is 52.4 Å². The Labute approximate surface area is 237 Å². The Balaban J connectivity index is 2.64. The molecule has 0 radical (unpaired) electrons. The highest BCUT2D eigenvalue weighted by Gasteiger charge is 2.48. The SMILES string of the molecule is COc1ccc(N(CCN(P(C(C)(C)C)C(C)(C)C)P(C(C)(C)C)C(C)(C)C)c2ccc(OC)cc2)cc1. The van der Waals surface area contributed by atoms with E-state index in [1.165, 1.54) is 11.4 Å². The molecule has 214 valence electrons. The van der Waals surface area contributed by atoms with E-state index in [2.05, 4.69) is 141 Å². The molecule has 2 aromatic rings. The number of nitrogens with zero attached hydrogens (tertiary/aromatic N) is 2. The molecule has 0 bridgehead atoms. The van der Waals surface area contributed by atoms with Crippen LogP contribution >= 0.6 is 16.1 Å². The Morgan fingerprint density at radius 1 is 0.500 bits per heavy atom. The van der Waals surface area contributed by atoms with Gasteiger partial charge in [0.1, 0.15) is 11.5 Å². The van der Waals surface area contributed by atoms with E-state index in [9.17, 15) is 0 Å². The molecular weight excluding hydrogens is 506 g/mol. The van der Waals surface area contributed by atoms with Gasteiger partial charge >= 0.3 is 0 Å². The Morgan fingerprint density at radius 2 is 0.789 bits per heavy atom. The van der Waals surface area contributed by atoms with Gasteiger partial charge in [-0.15, -0.1) is 0 Å². The average Bonchev–Trinajstić information content (AvgIpc) is 2.76. The number of methoxy groups -OCH3 is 2. The van der Waals surface area contributed by atoms with E-state index in [-0.39, 0.29) is 20.6 Å². The fraction of sp³-hybridized carbons (Fsp3) is 0.625. The first-order valence-corrected chi connectivity index (χ1v) is 16.3. The third-order valence-corrected chi connectivity index (χ3v) is 13.8. The summed E-state index contributed by atoms with van der Waals surface area (Å²) in [4.78, 5) is 2.45. The van der Waals surface area contributed by atoms with E-state index in [0.29, 0.717) is 0 Å². The Hall–Kier alpha value is -1.34. The van der Waals surface area contributed by atoms with E-state index in [4.69, 9.17) is 9.47 Å². The van der Waals surface area contributed by atoms with Crippen LogP contribution in [0, 0.1) is 0 Å². The maximum Gasteiger partial charge on any atom is 0.119 e. The summed E-state index contributed by atoms with van der Waals surface area (Å²) in [6.07, 6.45) is 0. The summed E-state index contributed by atoms with van der Waals surface area (Å²) in [6.45, 7) is 31.2. The van der Waals surface area contributed by atoms with Gasteiger partial charge in [-0.05, 0) is 85.3 Å². The lowest BCUT2D eigenvalue weighted by atomic mass is 10.2. The predicted octanol–water partition coefficient (Wildman–Crippen LogP) is 10.1. The normalized spacial score (nSPS) is 13.4. The molecule has 2 rings (SSSR count). The Bertz CT molecular complexity index is 887. The fourth-order valence-electron chi connectivity index (χ4n) is 5.81. The zero-order chi connectivity index (χ0) is 29.1. The molecule has 0 aliphatic carbocycles. The highest BCUT2D eigenvalue weighted by molar-refractivity contribution is 7.73. The average molecular weight is 561 g/mol. The first-order chi connectivity index (χ1) is 17.3. The molecule has 38 heavy (non-hydrogen) atoms. The maximum absolute atomic E-state index is 5.46. The summed E-state index contributed by atoms with van der Waals surface area (Å²) in [5.74, 6) is 1.75. The molecule has 0 aliphatic heterocycles. The van der Waals surface area contributed by atoms with Gasteiger partial charge in [0.2, 0.25) is 0 Å². The zero-order valence-electron chi connectivity index (χ0n) is 26.6. The van der Waals surface area contributed by atoms with Gasteiger partial charge in [-0.25, -0.2) is 0 Å².